The highest BCUT2D eigenvalue weighted by atomic mass is 16.6. The van der Waals surface area contributed by atoms with Crippen molar-refractivity contribution in [2.24, 2.45) is 5.73 Å². The number of nitrogens with two attached hydrogens (primary N) is 1. The molecule has 0 unspecified atom stereocenters. The molecule has 1 aromatic carbocycles. The van der Waals surface area contributed by atoms with Crippen LogP contribution >= 0.6 is 0 Å². The first-order valence-electron chi connectivity index (χ1n) is 9.31. The van der Waals surface area contributed by atoms with Crippen LogP contribution in [0.25, 0.3) is 21.7 Å². The molecule has 8 nitrogen and oxygen atoms in total. The highest BCUT2D eigenvalue weighted by Crippen LogP contribution is 2.29. The Labute approximate surface area is 169 Å². The smallest absolute Gasteiger partial charge is 0.410 e. The van der Waals surface area contributed by atoms with Crippen LogP contribution in [0.15, 0.2) is 36.7 Å². The molecule has 0 fully saturated rings. The fourth-order valence-electron chi connectivity index (χ4n) is 2.91. The number of pyridine rings is 2. The normalized spacial score (nSPS) is 11.4. The number of nitrogens with one attached hydrogen (secondary N) is 1. The van der Waals surface area contributed by atoms with Gasteiger partial charge in [0.1, 0.15) is 11.4 Å². The zero-order chi connectivity index (χ0) is 21.2. The molecule has 0 radical (unpaired) electrons. The number of rotatable bonds is 5. The van der Waals surface area contributed by atoms with Crippen LogP contribution in [0.3, 0.4) is 0 Å². The Morgan fingerprint density at radius 2 is 1.93 bits per heavy atom. The zero-order valence-electron chi connectivity index (χ0n) is 17.0. The number of hydrogen-bond acceptors (Lipinski definition) is 6. The number of fused-ring (bicyclic) bond motifs is 3. The Balaban J connectivity index is 1.84. The Bertz CT molecular complexity index is 1080. The number of likely N-dealkylation sites (N-methyl/N-ethyl adjacent to an activating group) is 1. The largest absolute Gasteiger partial charge is 0.444 e. The number of amides is 2. The maximum atomic E-state index is 12.1. The van der Waals surface area contributed by atoms with Crippen LogP contribution in [0.1, 0.15) is 31.1 Å². The van der Waals surface area contributed by atoms with Crippen molar-refractivity contribution in [3.63, 3.8) is 0 Å². The number of carbonyl (C=O) groups excluding carboxylic acids is 2. The highest BCUT2D eigenvalue weighted by Gasteiger charge is 2.19. The van der Waals surface area contributed by atoms with Gasteiger partial charge >= 0.3 is 6.09 Å². The summed E-state index contributed by atoms with van der Waals surface area (Å²) in [4.78, 5) is 34.0. The molecule has 0 aliphatic carbocycles. The van der Waals surface area contributed by atoms with E-state index in [0.29, 0.717) is 30.0 Å². The topological polar surface area (TPSA) is 110 Å². The molecule has 3 aromatic rings. The van der Waals surface area contributed by atoms with Gasteiger partial charge in [-0.15, -0.1) is 0 Å². The molecule has 152 valence electrons. The van der Waals surface area contributed by atoms with E-state index in [-0.39, 0.29) is 6.09 Å². The number of aromatic nitrogens is 2. The number of hydrogen-bond donors (Lipinski definition) is 2. The van der Waals surface area contributed by atoms with Gasteiger partial charge in [-0.3, -0.25) is 9.78 Å². The first-order valence-corrected chi connectivity index (χ1v) is 9.31. The fraction of sp³-hybridized carbons (Fsp3) is 0.333. The second-order valence-electron chi connectivity index (χ2n) is 7.81. The summed E-state index contributed by atoms with van der Waals surface area (Å²) in [6.07, 6.45) is 3.08. The summed E-state index contributed by atoms with van der Waals surface area (Å²) in [5.41, 5.74) is 5.89. The van der Waals surface area contributed by atoms with Crippen molar-refractivity contribution >= 4 is 39.5 Å². The van der Waals surface area contributed by atoms with Gasteiger partial charge in [0.05, 0.1) is 5.52 Å². The van der Waals surface area contributed by atoms with Crippen molar-refractivity contribution in [1.82, 2.24) is 14.9 Å². The molecule has 0 bridgehead atoms. The lowest BCUT2D eigenvalue weighted by molar-refractivity contribution is 0.0305. The molecule has 2 heterocycles. The van der Waals surface area contributed by atoms with E-state index in [9.17, 15) is 9.59 Å². The Morgan fingerprint density at radius 1 is 1.17 bits per heavy atom. The molecule has 0 aliphatic rings. The Hall–Kier alpha value is -3.42. The standard InChI is InChI=1S/C21H25N5O3/c1-21(2,3)29-20(28)26(4)10-9-24-19-15-7-8-23-12-16(15)14-6-5-13(18(22)27)11-17(14)25-19/h5-8,11-12H,9-10H2,1-4H3,(H2,22,27)(H,24,25). The molecular weight excluding hydrogens is 370 g/mol. The molecule has 29 heavy (non-hydrogen) atoms. The third kappa shape index (κ3) is 4.71. The van der Waals surface area contributed by atoms with Crippen LogP contribution in [0.2, 0.25) is 0 Å². The molecule has 3 rings (SSSR count). The second-order valence-corrected chi connectivity index (χ2v) is 7.81. The summed E-state index contributed by atoms with van der Waals surface area (Å²) in [6.45, 7) is 6.40. The van der Waals surface area contributed by atoms with Gasteiger partial charge in [-0.25, -0.2) is 9.78 Å². The van der Waals surface area contributed by atoms with Gasteiger partial charge in [0.25, 0.3) is 0 Å². The van der Waals surface area contributed by atoms with Gasteiger partial charge in [-0.2, -0.15) is 0 Å². The zero-order valence-corrected chi connectivity index (χ0v) is 17.0. The SMILES string of the molecule is CN(CCNc1nc2cc(C(N)=O)ccc2c2cnccc12)C(=O)OC(C)(C)C. The summed E-state index contributed by atoms with van der Waals surface area (Å²) >= 11 is 0. The molecule has 0 aliphatic heterocycles. The number of nitrogens with zero attached hydrogens (tertiary/aromatic N) is 3. The fourth-order valence-corrected chi connectivity index (χ4v) is 2.91. The minimum atomic E-state index is -0.542. The summed E-state index contributed by atoms with van der Waals surface area (Å²) < 4.78 is 5.36. The summed E-state index contributed by atoms with van der Waals surface area (Å²) in [5, 5.41) is 5.97. The third-order valence-corrected chi connectivity index (χ3v) is 4.33. The maximum absolute atomic E-state index is 12.1. The van der Waals surface area contributed by atoms with Crippen LogP contribution in [0, 0.1) is 0 Å². The Morgan fingerprint density at radius 3 is 2.62 bits per heavy atom. The maximum Gasteiger partial charge on any atom is 0.410 e. The van der Waals surface area contributed by atoms with E-state index in [1.807, 2.05) is 32.9 Å². The van der Waals surface area contributed by atoms with Gasteiger partial charge in [-0.05, 0) is 39.0 Å². The predicted octanol–water partition coefficient (Wildman–Crippen LogP) is 3.16. The number of carbonyl (C=O) groups is 2. The summed E-state index contributed by atoms with van der Waals surface area (Å²) in [6, 6.07) is 7.06. The van der Waals surface area contributed by atoms with Crippen LogP contribution in [-0.2, 0) is 4.74 Å². The molecule has 0 saturated carbocycles. The molecule has 8 heteroatoms. The van der Waals surface area contributed by atoms with Crippen molar-refractivity contribution < 1.29 is 14.3 Å². The van der Waals surface area contributed by atoms with Gasteiger partial charge in [-0.1, -0.05) is 6.07 Å². The molecule has 0 spiro atoms. The first kappa shape index (κ1) is 20.3. The average molecular weight is 395 g/mol. The highest BCUT2D eigenvalue weighted by molar-refractivity contribution is 6.11. The van der Waals surface area contributed by atoms with Gasteiger partial charge in [0.15, 0.2) is 0 Å². The van der Waals surface area contributed by atoms with E-state index in [2.05, 4.69) is 15.3 Å². The van der Waals surface area contributed by atoms with E-state index < -0.39 is 11.5 Å². The monoisotopic (exact) mass is 395 g/mol. The number of benzene rings is 1. The number of ether oxygens (including phenoxy) is 1. The van der Waals surface area contributed by atoms with Crippen LogP contribution < -0.4 is 11.1 Å². The van der Waals surface area contributed by atoms with Gasteiger partial charge in [0.2, 0.25) is 5.91 Å². The predicted molar refractivity (Wildman–Crippen MR) is 113 cm³/mol. The van der Waals surface area contributed by atoms with E-state index in [1.165, 1.54) is 4.90 Å². The van der Waals surface area contributed by atoms with E-state index in [1.54, 1.807) is 31.6 Å². The molecule has 3 N–H and O–H groups in total. The third-order valence-electron chi connectivity index (χ3n) is 4.33. The van der Waals surface area contributed by atoms with Crippen LogP contribution in [-0.4, -0.2) is 52.6 Å². The van der Waals surface area contributed by atoms with Crippen LogP contribution in [0.5, 0.6) is 0 Å². The minimum absolute atomic E-state index is 0.383. The minimum Gasteiger partial charge on any atom is -0.444 e. The average Bonchev–Trinajstić information content (AvgIpc) is 2.66. The summed E-state index contributed by atoms with van der Waals surface area (Å²) in [7, 11) is 1.69. The number of anilines is 1. The summed E-state index contributed by atoms with van der Waals surface area (Å²) in [5.74, 6) is 0.141. The molecule has 2 amide bonds. The van der Waals surface area contributed by atoms with Crippen molar-refractivity contribution in [3.8, 4) is 0 Å². The first-order chi connectivity index (χ1) is 13.7. The van der Waals surface area contributed by atoms with E-state index in [4.69, 9.17) is 10.5 Å². The van der Waals surface area contributed by atoms with Gasteiger partial charge in [0, 0.05) is 54.3 Å². The van der Waals surface area contributed by atoms with Gasteiger partial charge < -0.3 is 20.7 Å². The van der Waals surface area contributed by atoms with Crippen molar-refractivity contribution in [1.29, 1.82) is 0 Å². The van der Waals surface area contributed by atoms with E-state index >= 15 is 0 Å². The quantitative estimate of drug-likeness (QED) is 0.642. The van der Waals surface area contributed by atoms with Crippen LogP contribution in [0.4, 0.5) is 10.6 Å². The number of primary amides is 1. The lowest BCUT2D eigenvalue weighted by Gasteiger charge is -2.24. The second kappa shape index (κ2) is 7.90. The molecule has 0 saturated heterocycles. The lowest BCUT2D eigenvalue weighted by atomic mass is 10.1. The van der Waals surface area contributed by atoms with Crippen molar-refractivity contribution in [2.75, 3.05) is 25.5 Å². The van der Waals surface area contributed by atoms with E-state index in [0.717, 1.165) is 16.2 Å². The Kier molecular flexibility index (Phi) is 5.54. The molecule has 0 atom stereocenters. The van der Waals surface area contributed by atoms with Crippen molar-refractivity contribution in [2.45, 2.75) is 26.4 Å². The van der Waals surface area contributed by atoms with Crippen molar-refractivity contribution in [3.05, 3.63) is 42.2 Å². The molecular formula is C21H25N5O3. The molecule has 2 aromatic heterocycles. The lowest BCUT2D eigenvalue weighted by Crippen LogP contribution is -2.36.